The number of para-hydroxylation sites is 1. The van der Waals surface area contributed by atoms with Gasteiger partial charge in [0.05, 0.1) is 17.2 Å². The Kier molecular flexibility index (Phi) is 9.30. The molecule has 0 radical (unpaired) electrons. The Morgan fingerprint density at radius 1 is 0.946 bits per heavy atom. The van der Waals surface area contributed by atoms with E-state index in [1.807, 2.05) is 38.1 Å². The average molecular weight is 524 g/mol. The summed E-state index contributed by atoms with van der Waals surface area (Å²) in [4.78, 5) is 27.6. The number of benzene rings is 3. The van der Waals surface area contributed by atoms with Gasteiger partial charge in [0.1, 0.15) is 18.3 Å². The molecule has 0 saturated carbocycles. The number of hydrogen-bond acceptors (Lipinski definition) is 5. The highest BCUT2D eigenvalue weighted by Gasteiger charge is 2.32. The van der Waals surface area contributed by atoms with E-state index in [4.69, 9.17) is 4.74 Å². The number of anilines is 1. The Bertz CT molecular complexity index is 1290. The van der Waals surface area contributed by atoms with Gasteiger partial charge in [-0.1, -0.05) is 48.0 Å². The minimum atomic E-state index is -4.11. The van der Waals surface area contributed by atoms with Gasteiger partial charge in [-0.05, 0) is 62.7 Å². The molecule has 3 aromatic carbocycles. The van der Waals surface area contributed by atoms with E-state index in [1.54, 1.807) is 49.4 Å². The summed E-state index contributed by atoms with van der Waals surface area (Å²) in [6.45, 7) is 5.56. The van der Waals surface area contributed by atoms with Gasteiger partial charge in [-0.15, -0.1) is 0 Å². The summed E-state index contributed by atoms with van der Waals surface area (Å²) in [5, 5.41) is 2.58. The average Bonchev–Trinajstić information content (AvgIpc) is 2.91. The van der Waals surface area contributed by atoms with Crippen LogP contribution < -0.4 is 14.4 Å². The van der Waals surface area contributed by atoms with E-state index in [-0.39, 0.29) is 17.3 Å². The first kappa shape index (κ1) is 27.7. The Labute approximate surface area is 218 Å². The number of rotatable bonds is 11. The third kappa shape index (κ3) is 6.89. The van der Waals surface area contributed by atoms with E-state index in [0.717, 1.165) is 15.4 Å². The van der Waals surface area contributed by atoms with Crippen molar-refractivity contribution in [3.63, 3.8) is 0 Å². The first-order valence-electron chi connectivity index (χ1n) is 12.0. The van der Waals surface area contributed by atoms with Crippen molar-refractivity contribution in [1.29, 1.82) is 0 Å². The predicted octanol–water partition coefficient (Wildman–Crippen LogP) is 3.75. The van der Waals surface area contributed by atoms with Gasteiger partial charge < -0.3 is 15.0 Å². The molecule has 0 aliphatic heterocycles. The van der Waals surface area contributed by atoms with Crippen molar-refractivity contribution in [2.75, 3.05) is 24.5 Å². The van der Waals surface area contributed by atoms with Gasteiger partial charge in [0.25, 0.3) is 10.0 Å². The Balaban J connectivity index is 1.98. The molecule has 0 saturated heterocycles. The van der Waals surface area contributed by atoms with Crippen LogP contribution in [0.3, 0.4) is 0 Å². The fraction of sp³-hybridized carbons (Fsp3) is 0.286. The molecule has 0 heterocycles. The summed E-state index contributed by atoms with van der Waals surface area (Å²) >= 11 is 0. The monoisotopic (exact) mass is 523 g/mol. The maximum atomic E-state index is 13.8. The smallest absolute Gasteiger partial charge is 0.264 e. The minimum Gasteiger partial charge on any atom is -0.494 e. The summed E-state index contributed by atoms with van der Waals surface area (Å²) in [7, 11) is -2.61. The lowest BCUT2D eigenvalue weighted by atomic mass is 10.1. The third-order valence-corrected chi connectivity index (χ3v) is 7.72. The van der Waals surface area contributed by atoms with Crippen LogP contribution in [0.1, 0.15) is 25.0 Å². The Hall–Kier alpha value is -3.85. The van der Waals surface area contributed by atoms with Crippen molar-refractivity contribution in [1.82, 2.24) is 10.2 Å². The summed E-state index contributed by atoms with van der Waals surface area (Å²) in [5.41, 5.74) is 2.24. The Morgan fingerprint density at radius 2 is 1.57 bits per heavy atom. The lowest BCUT2D eigenvalue weighted by molar-refractivity contribution is -0.139. The van der Waals surface area contributed by atoms with Crippen molar-refractivity contribution in [3.05, 3.63) is 90.0 Å². The molecule has 1 N–H and O–H groups in total. The minimum absolute atomic E-state index is 0.0250. The molecule has 0 spiro atoms. The molecule has 0 aromatic heterocycles. The molecule has 3 rings (SSSR count). The van der Waals surface area contributed by atoms with Crippen LogP contribution in [0.2, 0.25) is 0 Å². The Morgan fingerprint density at radius 3 is 2.14 bits per heavy atom. The van der Waals surface area contributed by atoms with Crippen LogP contribution in [0.25, 0.3) is 0 Å². The van der Waals surface area contributed by atoms with E-state index in [9.17, 15) is 18.0 Å². The fourth-order valence-electron chi connectivity index (χ4n) is 3.81. The zero-order chi connectivity index (χ0) is 27.0. The third-order valence-electron chi connectivity index (χ3n) is 5.93. The van der Waals surface area contributed by atoms with Crippen LogP contribution in [0.4, 0.5) is 5.69 Å². The maximum Gasteiger partial charge on any atom is 0.264 e. The van der Waals surface area contributed by atoms with Crippen molar-refractivity contribution >= 4 is 27.5 Å². The molecular formula is C28H33N3O5S. The highest BCUT2D eigenvalue weighted by atomic mass is 32.2. The SMILES string of the molecule is CCOc1ccc(S(=O)(=O)N(CC(=O)N(Cc2ccc(C)cc2)[C@@H](C)C(=O)NC)c2ccccc2)cc1. The molecule has 0 aliphatic carbocycles. The number of nitrogens with zero attached hydrogens (tertiary/aromatic N) is 2. The van der Waals surface area contributed by atoms with Crippen molar-refractivity contribution in [2.45, 2.75) is 38.3 Å². The quantitative estimate of drug-likeness (QED) is 0.413. The molecule has 196 valence electrons. The molecular weight excluding hydrogens is 490 g/mol. The number of carbonyl (C=O) groups excluding carboxylic acids is 2. The fourth-order valence-corrected chi connectivity index (χ4v) is 5.22. The number of sulfonamides is 1. The second-order valence-electron chi connectivity index (χ2n) is 8.55. The van der Waals surface area contributed by atoms with Crippen LogP contribution >= 0.6 is 0 Å². The molecule has 0 bridgehead atoms. The number of ether oxygens (including phenoxy) is 1. The predicted molar refractivity (Wildman–Crippen MR) is 144 cm³/mol. The second kappa shape index (κ2) is 12.4. The number of nitrogens with one attached hydrogen (secondary N) is 1. The molecule has 0 aliphatic rings. The zero-order valence-corrected chi connectivity index (χ0v) is 22.4. The van der Waals surface area contributed by atoms with E-state index < -0.39 is 28.5 Å². The number of carbonyl (C=O) groups is 2. The van der Waals surface area contributed by atoms with E-state index >= 15 is 0 Å². The van der Waals surface area contributed by atoms with E-state index in [1.165, 1.54) is 24.1 Å². The number of hydrogen-bond donors (Lipinski definition) is 1. The van der Waals surface area contributed by atoms with Gasteiger partial charge in [0.15, 0.2) is 0 Å². The molecule has 9 heteroatoms. The maximum absolute atomic E-state index is 13.8. The molecule has 8 nitrogen and oxygen atoms in total. The van der Waals surface area contributed by atoms with Gasteiger partial charge >= 0.3 is 0 Å². The van der Waals surface area contributed by atoms with Gasteiger partial charge in [0.2, 0.25) is 11.8 Å². The lowest BCUT2D eigenvalue weighted by Gasteiger charge is -2.31. The molecule has 0 fully saturated rings. The summed E-state index contributed by atoms with van der Waals surface area (Å²) in [6.07, 6.45) is 0. The largest absolute Gasteiger partial charge is 0.494 e. The highest BCUT2D eigenvalue weighted by Crippen LogP contribution is 2.26. The molecule has 3 aromatic rings. The number of likely N-dealkylation sites (N-methyl/N-ethyl adjacent to an activating group) is 1. The lowest BCUT2D eigenvalue weighted by Crippen LogP contribution is -2.50. The molecule has 2 amide bonds. The summed E-state index contributed by atoms with van der Waals surface area (Å²) in [6, 6.07) is 21.3. The normalized spacial score (nSPS) is 11.9. The zero-order valence-electron chi connectivity index (χ0n) is 21.5. The van der Waals surface area contributed by atoms with Crippen molar-refractivity contribution < 1.29 is 22.7 Å². The van der Waals surface area contributed by atoms with Crippen molar-refractivity contribution in [3.8, 4) is 5.75 Å². The topological polar surface area (TPSA) is 96.0 Å². The first-order valence-corrected chi connectivity index (χ1v) is 13.5. The molecule has 37 heavy (non-hydrogen) atoms. The number of amides is 2. The second-order valence-corrected chi connectivity index (χ2v) is 10.4. The van der Waals surface area contributed by atoms with Crippen LogP contribution in [-0.2, 0) is 26.2 Å². The first-order chi connectivity index (χ1) is 17.7. The van der Waals surface area contributed by atoms with E-state index in [2.05, 4.69) is 5.32 Å². The van der Waals surface area contributed by atoms with Crippen LogP contribution in [0.5, 0.6) is 5.75 Å². The van der Waals surface area contributed by atoms with Crippen LogP contribution in [-0.4, -0.2) is 51.4 Å². The molecule has 1 atom stereocenters. The van der Waals surface area contributed by atoms with Gasteiger partial charge in [-0.2, -0.15) is 0 Å². The number of aryl methyl sites for hydroxylation is 1. The summed E-state index contributed by atoms with van der Waals surface area (Å²) < 4.78 is 34.0. The van der Waals surface area contributed by atoms with Crippen LogP contribution in [0, 0.1) is 6.92 Å². The van der Waals surface area contributed by atoms with E-state index in [0.29, 0.717) is 18.0 Å². The van der Waals surface area contributed by atoms with Gasteiger partial charge in [-0.25, -0.2) is 8.42 Å². The van der Waals surface area contributed by atoms with Gasteiger partial charge in [-0.3, -0.25) is 13.9 Å². The van der Waals surface area contributed by atoms with Crippen LogP contribution in [0.15, 0.2) is 83.8 Å². The van der Waals surface area contributed by atoms with Crippen molar-refractivity contribution in [2.24, 2.45) is 0 Å². The molecule has 0 unspecified atom stereocenters. The highest BCUT2D eigenvalue weighted by molar-refractivity contribution is 7.92. The summed E-state index contributed by atoms with van der Waals surface area (Å²) in [5.74, 6) is -0.302. The standard InChI is InChI=1S/C28H33N3O5S/c1-5-36-25-15-17-26(18-16-25)37(34,35)31(24-9-7-6-8-10-24)20-27(32)30(22(3)28(33)29-4)19-23-13-11-21(2)12-14-23/h6-18,22H,5,19-20H2,1-4H3,(H,29,33)/t22-/m0/s1. The van der Waals surface area contributed by atoms with Gasteiger partial charge in [0, 0.05) is 13.6 Å².